The van der Waals surface area contributed by atoms with E-state index in [0.29, 0.717) is 0 Å². The highest BCUT2D eigenvalue weighted by Crippen LogP contribution is 2.22. The van der Waals surface area contributed by atoms with E-state index in [0.717, 1.165) is 23.2 Å². The van der Waals surface area contributed by atoms with Crippen molar-refractivity contribution in [2.24, 2.45) is 0 Å². The largest absolute Gasteiger partial charge is 0.325 e. The van der Waals surface area contributed by atoms with E-state index in [-0.39, 0.29) is 11.8 Å². The minimum atomic E-state index is -0.117. The van der Waals surface area contributed by atoms with Crippen molar-refractivity contribution in [2.75, 3.05) is 5.32 Å². The van der Waals surface area contributed by atoms with Crippen LogP contribution >= 0.6 is 0 Å². The van der Waals surface area contributed by atoms with E-state index in [1.807, 2.05) is 50.2 Å². The normalized spacial score (nSPS) is 11.9. The Kier molecular flexibility index (Phi) is 4.29. The fourth-order valence-electron chi connectivity index (χ4n) is 2.09. The number of carbonyl (C=O) groups is 1. The molecule has 2 aromatic rings. The van der Waals surface area contributed by atoms with Crippen molar-refractivity contribution >= 4 is 11.6 Å². The van der Waals surface area contributed by atoms with Crippen LogP contribution in [0.25, 0.3) is 0 Å². The lowest BCUT2D eigenvalue weighted by molar-refractivity contribution is -0.117. The second-order valence-electron chi connectivity index (χ2n) is 4.55. The van der Waals surface area contributed by atoms with E-state index >= 15 is 0 Å². The van der Waals surface area contributed by atoms with Gasteiger partial charge in [-0.25, -0.2) is 0 Å². The van der Waals surface area contributed by atoms with Gasteiger partial charge in [0.25, 0.3) is 0 Å². The number of amides is 1. The number of hydrogen-bond acceptors (Lipinski definition) is 2. The Morgan fingerprint density at radius 3 is 2.63 bits per heavy atom. The molecule has 0 aliphatic carbocycles. The first-order valence-corrected chi connectivity index (χ1v) is 6.48. The molecule has 1 heterocycles. The molecule has 19 heavy (non-hydrogen) atoms. The lowest BCUT2D eigenvalue weighted by atomic mass is 9.95. The third kappa shape index (κ3) is 3.19. The van der Waals surface area contributed by atoms with Crippen LogP contribution in [0.3, 0.4) is 0 Å². The van der Waals surface area contributed by atoms with Gasteiger partial charge in [-0.15, -0.1) is 0 Å². The lowest BCUT2D eigenvalue weighted by Gasteiger charge is -2.16. The number of nitrogens with one attached hydrogen (secondary N) is 1. The second-order valence-corrected chi connectivity index (χ2v) is 4.55. The summed E-state index contributed by atoms with van der Waals surface area (Å²) in [5, 5.41) is 2.98. The summed E-state index contributed by atoms with van der Waals surface area (Å²) in [6, 6.07) is 11.7. The molecular formula is C16H18N2O. The summed E-state index contributed by atoms with van der Waals surface area (Å²) in [6.07, 6.45) is 4.21. The van der Waals surface area contributed by atoms with E-state index < -0.39 is 0 Å². The van der Waals surface area contributed by atoms with E-state index in [4.69, 9.17) is 0 Å². The summed E-state index contributed by atoms with van der Waals surface area (Å²) in [6.45, 7) is 3.96. The maximum Gasteiger partial charge on any atom is 0.231 e. The number of anilines is 1. The number of nitrogens with zero attached hydrogens (tertiary/aromatic N) is 1. The van der Waals surface area contributed by atoms with Gasteiger partial charge in [-0.3, -0.25) is 9.78 Å². The zero-order valence-electron chi connectivity index (χ0n) is 11.3. The molecule has 3 heteroatoms. The van der Waals surface area contributed by atoms with Gasteiger partial charge in [0, 0.05) is 18.1 Å². The first-order chi connectivity index (χ1) is 9.22. The molecule has 98 valence electrons. The predicted octanol–water partition coefficient (Wildman–Crippen LogP) is 3.52. The minimum absolute atomic E-state index is 0.0306. The molecule has 3 nitrogen and oxygen atoms in total. The molecule has 1 aromatic carbocycles. The zero-order valence-corrected chi connectivity index (χ0v) is 11.3. The number of rotatable bonds is 4. The SMILES string of the molecule is CC[C@H](C(=O)Nc1ccncc1C)c1ccccc1. The topological polar surface area (TPSA) is 42.0 Å². The van der Waals surface area contributed by atoms with Gasteiger partial charge in [-0.1, -0.05) is 37.3 Å². The van der Waals surface area contributed by atoms with Crippen molar-refractivity contribution in [3.63, 3.8) is 0 Å². The van der Waals surface area contributed by atoms with Crippen LogP contribution < -0.4 is 5.32 Å². The lowest BCUT2D eigenvalue weighted by Crippen LogP contribution is -2.21. The fourth-order valence-corrected chi connectivity index (χ4v) is 2.09. The predicted molar refractivity (Wildman–Crippen MR) is 77.1 cm³/mol. The van der Waals surface area contributed by atoms with Gasteiger partial charge in [-0.05, 0) is 30.5 Å². The number of aromatic nitrogens is 1. The summed E-state index contributed by atoms with van der Waals surface area (Å²) in [7, 11) is 0. The molecule has 0 bridgehead atoms. The van der Waals surface area contributed by atoms with Crippen molar-refractivity contribution in [1.82, 2.24) is 4.98 Å². The molecule has 0 saturated carbocycles. The molecule has 0 fully saturated rings. The van der Waals surface area contributed by atoms with Crippen molar-refractivity contribution in [3.05, 3.63) is 59.9 Å². The Balaban J connectivity index is 2.17. The molecular weight excluding hydrogens is 236 g/mol. The average molecular weight is 254 g/mol. The van der Waals surface area contributed by atoms with Gasteiger partial charge in [0.1, 0.15) is 0 Å². The number of aryl methyl sites for hydroxylation is 1. The van der Waals surface area contributed by atoms with Crippen molar-refractivity contribution in [3.8, 4) is 0 Å². The average Bonchev–Trinajstić information content (AvgIpc) is 2.43. The van der Waals surface area contributed by atoms with Crippen molar-refractivity contribution in [1.29, 1.82) is 0 Å². The highest BCUT2D eigenvalue weighted by Gasteiger charge is 2.18. The van der Waals surface area contributed by atoms with Crippen LogP contribution in [0, 0.1) is 6.92 Å². The summed E-state index contributed by atoms with van der Waals surface area (Å²) in [5.41, 5.74) is 2.85. The monoisotopic (exact) mass is 254 g/mol. The summed E-state index contributed by atoms with van der Waals surface area (Å²) in [4.78, 5) is 16.4. The Hall–Kier alpha value is -2.16. The van der Waals surface area contributed by atoms with Gasteiger partial charge in [0.05, 0.1) is 5.92 Å². The third-order valence-corrected chi connectivity index (χ3v) is 3.20. The molecule has 2 rings (SSSR count). The van der Waals surface area contributed by atoms with Gasteiger partial charge in [0.15, 0.2) is 0 Å². The number of hydrogen-bond donors (Lipinski definition) is 1. The third-order valence-electron chi connectivity index (χ3n) is 3.20. The van der Waals surface area contributed by atoms with Crippen molar-refractivity contribution in [2.45, 2.75) is 26.2 Å². The molecule has 0 spiro atoms. The van der Waals surface area contributed by atoms with Crippen LogP contribution in [0.4, 0.5) is 5.69 Å². The highest BCUT2D eigenvalue weighted by molar-refractivity contribution is 5.96. The zero-order chi connectivity index (χ0) is 13.7. The second kappa shape index (κ2) is 6.14. The fraction of sp³-hybridized carbons (Fsp3) is 0.250. The maximum atomic E-state index is 12.4. The summed E-state index contributed by atoms with van der Waals surface area (Å²) in [5.74, 6) is -0.0863. The molecule has 1 amide bonds. The van der Waals surface area contributed by atoms with Gasteiger partial charge >= 0.3 is 0 Å². The first kappa shape index (κ1) is 13.3. The highest BCUT2D eigenvalue weighted by atomic mass is 16.1. The molecule has 0 aliphatic rings. The van der Waals surface area contributed by atoms with Gasteiger partial charge in [-0.2, -0.15) is 0 Å². The number of benzene rings is 1. The molecule has 1 N–H and O–H groups in total. The van der Waals surface area contributed by atoms with E-state index in [1.165, 1.54) is 0 Å². The van der Waals surface area contributed by atoms with Crippen LogP contribution in [0.5, 0.6) is 0 Å². The van der Waals surface area contributed by atoms with Crippen LogP contribution in [0.1, 0.15) is 30.4 Å². The van der Waals surface area contributed by atoms with Gasteiger partial charge < -0.3 is 5.32 Å². The summed E-state index contributed by atoms with van der Waals surface area (Å²) >= 11 is 0. The van der Waals surface area contributed by atoms with Crippen LogP contribution in [-0.4, -0.2) is 10.9 Å². The molecule has 0 aliphatic heterocycles. The maximum absolute atomic E-state index is 12.4. The Labute approximate surface area is 113 Å². The molecule has 0 radical (unpaired) electrons. The summed E-state index contributed by atoms with van der Waals surface area (Å²) < 4.78 is 0. The molecule has 1 aromatic heterocycles. The van der Waals surface area contributed by atoms with E-state index in [2.05, 4.69) is 10.3 Å². The quantitative estimate of drug-likeness (QED) is 0.907. The molecule has 1 atom stereocenters. The number of pyridine rings is 1. The van der Waals surface area contributed by atoms with Crippen molar-refractivity contribution < 1.29 is 4.79 Å². The van der Waals surface area contributed by atoms with Crippen LogP contribution in [0.2, 0.25) is 0 Å². The smallest absolute Gasteiger partial charge is 0.231 e. The Morgan fingerprint density at radius 2 is 2.00 bits per heavy atom. The first-order valence-electron chi connectivity index (χ1n) is 6.48. The Morgan fingerprint density at radius 1 is 1.26 bits per heavy atom. The van der Waals surface area contributed by atoms with E-state index in [9.17, 15) is 4.79 Å². The molecule has 0 unspecified atom stereocenters. The van der Waals surface area contributed by atoms with E-state index in [1.54, 1.807) is 12.4 Å². The van der Waals surface area contributed by atoms with Gasteiger partial charge in [0.2, 0.25) is 5.91 Å². The molecule has 0 saturated heterocycles. The number of carbonyl (C=O) groups excluding carboxylic acids is 1. The Bertz CT molecular complexity index is 552. The minimum Gasteiger partial charge on any atom is -0.325 e. The van der Waals surface area contributed by atoms with Crippen LogP contribution in [0.15, 0.2) is 48.8 Å². The standard InChI is InChI=1S/C16H18N2O/c1-3-14(13-7-5-4-6-8-13)16(19)18-15-9-10-17-11-12(15)2/h4-11,14H,3H2,1-2H3,(H,17,18,19)/t14-/m0/s1. The van der Waals surface area contributed by atoms with Crippen LogP contribution in [-0.2, 0) is 4.79 Å².